The topological polar surface area (TPSA) is 303 Å². The molecule has 22 nitrogen and oxygen atoms in total. The quantitative estimate of drug-likeness (QED) is 0.0351. The van der Waals surface area contributed by atoms with Gasteiger partial charge in [0.15, 0.2) is 0 Å². The Morgan fingerprint density at radius 2 is 1.52 bits per heavy atom. The van der Waals surface area contributed by atoms with Gasteiger partial charge in [-0.05, 0) is 144 Å². The summed E-state index contributed by atoms with van der Waals surface area (Å²) < 4.78 is 64.3. The molecule has 4 aliphatic rings. The summed E-state index contributed by atoms with van der Waals surface area (Å²) in [5.74, 6) is -9.22. The molecule has 3 fully saturated rings. The lowest BCUT2D eigenvalue weighted by Crippen LogP contribution is -2.64. The monoisotopic (exact) mass is 1350 g/mol. The number of cyclic esters (lactones) is 1. The third-order valence-corrected chi connectivity index (χ3v) is 21.3. The first-order chi connectivity index (χ1) is 45.1. The van der Waals surface area contributed by atoms with E-state index in [1.165, 1.54) is 42.7 Å². The number of carbonyl (C=O) groups excluding carboxylic acids is 6. The van der Waals surface area contributed by atoms with Crippen molar-refractivity contribution in [2.24, 2.45) is 41.4 Å². The van der Waals surface area contributed by atoms with Gasteiger partial charge in [-0.3, -0.25) is 24.0 Å². The Kier molecular flexibility index (Phi) is 30.7. The number of benzene rings is 2. The third-order valence-electron chi connectivity index (χ3n) is 19.4. The van der Waals surface area contributed by atoms with Crippen LogP contribution in [0.4, 0.5) is 0 Å². The molecule has 0 aromatic heterocycles. The van der Waals surface area contributed by atoms with E-state index in [1.54, 1.807) is 33.1 Å². The lowest BCUT2D eigenvalue weighted by molar-refractivity contribution is -0.302. The summed E-state index contributed by atoms with van der Waals surface area (Å²) in [5.41, 5.74) is 2.47. The SMILES string of the molecule is COc1ccc(S(=O)(=O)N(CC(C)C)C[C@H](O)[C@@H](Cc2ccccc2)NC(=O)CCNC(=O)CC/C=C/C[C@@H]2/C=C(\C)C[C@H](C)C[C@H](OC)[C@H]3O[C@@](O)(C(=O)C(=O)N4CCCC[C@H]4C(=O)OC[C@H](/C(C)=C/[C@@H]4CC[C@@H](O)[C@H](OC)C4)[C@H](C)[C@@H](O)CC2=O)[C@H](C)C[C@@H]3OC)cc1. The normalized spacial score (nSPS) is 30.3. The molecule has 0 radical (unpaired) electrons. The Morgan fingerprint density at radius 3 is 2.18 bits per heavy atom. The van der Waals surface area contributed by atoms with Gasteiger partial charge < -0.3 is 64.4 Å². The zero-order valence-electron chi connectivity index (χ0n) is 57.7. The van der Waals surface area contributed by atoms with Crippen LogP contribution >= 0.6 is 0 Å². The number of allylic oxidation sites excluding steroid dienone is 5. The van der Waals surface area contributed by atoms with Crippen LogP contribution in [0.5, 0.6) is 5.75 Å². The smallest absolute Gasteiger partial charge is 0.328 e. The van der Waals surface area contributed by atoms with Crippen LogP contribution in [-0.2, 0) is 68.9 Å². The predicted octanol–water partition coefficient (Wildman–Crippen LogP) is 6.99. The van der Waals surface area contributed by atoms with Crippen molar-refractivity contribution < 1.29 is 86.0 Å². The van der Waals surface area contributed by atoms with Gasteiger partial charge in [0.25, 0.3) is 11.7 Å². The summed E-state index contributed by atoms with van der Waals surface area (Å²) >= 11 is 0. The van der Waals surface area contributed by atoms with Gasteiger partial charge in [-0.15, -0.1) is 0 Å². The third kappa shape index (κ3) is 22.1. The Morgan fingerprint density at radius 1 is 0.832 bits per heavy atom. The van der Waals surface area contributed by atoms with E-state index >= 15 is 0 Å². The number of esters is 1. The number of methoxy groups -OCH3 is 4. The maximum atomic E-state index is 14.7. The van der Waals surface area contributed by atoms with E-state index in [2.05, 4.69) is 16.7 Å². The molecule has 1 saturated carbocycles. The van der Waals surface area contributed by atoms with E-state index in [4.69, 9.17) is 28.4 Å². The lowest BCUT2D eigenvalue weighted by Gasteiger charge is -2.47. The number of nitrogens with zero attached hydrogens (tertiary/aromatic N) is 2. The number of carbonyl (C=O) groups is 6. The Bertz CT molecular complexity index is 3030. The van der Waals surface area contributed by atoms with Gasteiger partial charge in [0.2, 0.25) is 27.6 Å². The number of rotatable bonds is 24. The number of amides is 3. The first-order valence-corrected chi connectivity index (χ1v) is 35.4. The Hall–Kier alpha value is -5.73. The predicted molar refractivity (Wildman–Crippen MR) is 358 cm³/mol. The highest BCUT2D eigenvalue weighted by Crippen LogP contribution is 2.40. The van der Waals surface area contributed by atoms with Gasteiger partial charge in [0, 0.05) is 84.5 Å². The molecule has 0 spiro atoms. The molecule has 3 aliphatic heterocycles. The fraction of sp³-hybridized carbons (Fsp3) is 0.667. The van der Waals surface area contributed by atoms with Crippen molar-refractivity contribution in [1.29, 1.82) is 0 Å². The van der Waals surface area contributed by atoms with E-state index < -0.39 is 112 Å². The molecule has 0 unspecified atom stereocenters. The lowest BCUT2D eigenvalue weighted by atomic mass is 9.78. The number of piperidine rings is 1. The van der Waals surface area contributed by atoms with Crippen molar-refractivity contribution >= 4 is 45.3 Å². The summed E-state index contributed by atoms with van der Waals surface area (Å²) in [5, 5.41) is 52.5. The molecule has 95 heavy (non-hydrogen) atoms. The zero-order valence-corrected chi connectivity index (χ0v) is 58.5. The van der Waals surface area contributed by atoms with Gasteiger partial charge in [-0.2, -0.15) is 4.31 Å². The molecule has 6 rings (SSSR count). The van der Waals surface area contributed by atoms with Crippen LogP contribution in [0, 0.1) is 41.4 Å². The van der Waals surface area contributed by atoms with Crippen LogP contribution < -0.4 is 15.4 Å². The standard InChI is InChI=1S/C72H108N4O18S/c1-45(2)42-75(95(87,88)55-28-26-54(89-8)27-29-55)43-62(80)57(39-51-20-14-12-15-21-51)74-67(82)31-32-73-66(81)24-17-13-16-22-53-35-46(3)34-47(4)36-64(91-10)68-65(92-11)38-49(6)72(86,94-68)69(83)70(84)76-33-19-18-23-58(76)71(85)93-44-56(50(7)60(78)41-61(53)79)48(5)37-52-25-30-59(77)63(40-52)90-9/h12-16,20-21,26-29,35,37,45,47,49-50,52-53,56-60,62-65,68,77-78,80,86H,17-19,22-25,30-34,36,38-44H2,1-11H3,(H,73,81)(H,74,82)/b16-13+,46-35+,48-37+/t47-,49+,50-,52-,53+,56+,57+,58-,59+,60-,62-,63+,64-,65-,68+,72+/m0/s1. The van der Waals surface area contributed by atoms with Crippen LogP contribution in [0.15, 0.2) is 94.9 Å². The summed E-state index contributed by atoms with van der Waals surface area (Å²) in [7, 11) is 1.97. The molecule has 2 bridgehead atoms. The fourth-order valence-corrected chi connectivity index (χ4v) is 15.4. The maximum Gasteiger partial charge on any atom is 0.328 e. The first-order valence-electron chi connectivity index (χ1n) is 34.0. The number of nitrogens with one attached hydrogen (secondary N) is 2. The molecule has 6 N–H and O–H groups in total. The van der Waals surface area contributed by atoms with Gasteiger partial charge in [0.1, 0.15) is 23.7 Å². The summed E-state index contributed by atoms with van der Waals surface area (Å²) in [6.07, 6.45) is 6.10. The largest absolute Gasteiger partial charge is 0.497 e. The molecule has 2 aromatic carbocycles. The Balaban J connectivity index is 1.17. The highest BCUT2D eigenvalue weighted by Gasteiger charge is 2.57. The van der Waals surface area contributed by atoms with Gasteiger partial charge >= 0.3 is 5.97 Å². The van der Waals surface area contributed by atoms with Crippen LogP contribution in [0.3, 0.4) is 0 Å². The number of hydrogen-bond donors (Lipinski definition) is 6. The number of aliphatic hydroxyl groups is 4. The summed E-state index contributed by atoms with van der Waals surface area (Å²) in [6, 6.07) is 13.2. The minimum atomic E-state index is -4.07. The van der Waals surface area contributed by atoms with E-state index in [0.29, 0.717) is 57.1 Å². The number of ether oxygens (including phenoxy) is 6. The van der Waals surface area contributed by atoms with Crippen molar-refractivity contribution in [1.82, 2.24) is 19.8 Å². The van der Waals surface area contributed by atoms with E-state index in [9.17, 15) is 57.6 Å². The number of ketones is 2. The second-order valence-corrected chi connectivity index (χ2v) is 29.2. The average Bonchev–Trinajstić information content (AvgIpc) is 0.773. The van der Waals surface area contributed by atoms with Crippen LogP contribution in [-0.4, -0.2) is 195 Å². The summed E-state index contributed by atoms with van der Waals surface area (Å²) in [4.78, 5) is 85.9. The first kappa shape index (κ1) is 78.3. The van der Waals surface area contributed by atoms with Crippen LogP contribution in [0.25, 0.3) is 0 Å². The fourth-order valence-electron chi connectivity index (χ4n) is 13.8. The van der Waals surface area contributed by atoms with E-state index in [-0.39, 0.29) is 118 Å². The second kappa shape index (κ2) is 37.3. The van der Waals surface area contributed by atoms with Crippen LogP contribution in [0.1, 0.15) is 144 Å². The van der Waals surface area contributed by atoms with E-state index in [0.717, 1.165) is 16.7 Å². The highest BCUT2D eigenvalue weighted by molar-refractivity contribution is 7.89. The number of fused-ring (bicyclic) bond motifs is 3. The van der Waals surface area contributed by atoms with Crippen LogP contribution in [0.2, 0.25) is 0 Å². The minimum absolute atomic E-state index is 0.0129. The minimum Gasteiger partial charge on any atom is -0.497 e. The van der Waals surface area contributed by atoms with Gasteiger partial charge in [-0.1, -0.05) is 100 Å². The molecule has 3 heterocycles. The van der Waals surface area contributed by atoms with Gasteiger partial charge in [-0.25, -0.2) is 13.2 Å². The van der Waals surface area contributed by atoms with Gasteiger partial charge in [0.05, 0.1) is 61.3 Å². The molecular formula is C72H108N4O18S. The molecule has 1 aliphatic carbocycles. The Labute approximate surface area is 563 Å². The molecule has 23 heteroatoms. The average molecular weight is 1350 g/mol. The zero-order chi connectivity index (χ0) is 69.7. The number of sulfonamides is 1. The van der Waals surface area contributed by atoms with E-state index in [1.807, 2.05) is 83.2 Å². The van der Waals surface area contributed by atoms with Crippen molar-refractivity contribution in [3.8, 4) is 5.75 Å². The molecular weight excluding hydrogens is 1240 g/mol. The molecule has 3 amide bonds. The molecule has 2 saturated heterocycles. The second-order valence-electron chi connectivity index (χ2n) is 27.3. The number of aliphatic hydroxyl groups excluding tert-OH is 3. The van der Waals surface area contributed by atoms with Crippen molar-refractivity contribution in [2.45, 2.75) is 210 Å². The number of Topliss-reactive ketones (excluding diaryl/α,β-unsaturated/α-hetero) is 2. The van der Waals surface area contributed by atoms with Crippen molar-refractivity contribution in [2.75, 3.05) is 61.2 Å². The molecule has 530 valence electrons. The molecule has 2 aromatic rings. The van der Waals surface area contributed by atoms with Crippen molar-refractivity contribution in [3.63, 3.8) is 0 Å². The van der Waals surface area contributed by atoms with Crippen molar-refractivity contribution in [3.05, 3.63) is 95.6 Å². The highest BCUT2D eigenvalue weighted by atomic mass is 32.2. The molecule has 16 atom stereocenters. The maximum absolute atomic E-state index is 14.7. The summed E-state index contributed by atoms with van der Waals surface area (Å²) in [6.45, 7) is 12.6. The number of hydrogen-bond acceptors (Lipinski definition) is 18.